The van der Waals surface area contributed by atoms with Gasteiger partial charge in [-0.2, -0.15) is 0 Å². The fourth-order valence-electron chi connectivity index (χ4n) is 3.13. The molecule has 152 valence electrons. The van der Waals surface area contributed by atoms with E-state index in [-0.39, 0.29) is 6.03 Å². The van der Waals surface area contributed by atoms with Crippen molar-refractivity contribution in [3.8, 4) is 21.1 Å². The van der Waals surface area contributed by atoms with Gasteiger partial charge in [0.2, 0.25) is 0 Å². The van der Waals surface area contributed by atoms with Crippen LogP contribution in [0.3, 0.4) is 0 Å². The van der Waals surface area contributed by atoms with Crippen LogP contribution in [0.1, 0.15) is 0 Å². The van der Waals surface area contributed by atoms with E-state index < -0.39 is 0 Å². The fourth-order valence-corrected chi connectivity index (χ4v) is 4.82. The number of aromatic nitrogens is 2. The van der Waals surface area contributed by atoms with Crippen molar-refractivity contribution in [3.63, 3.8) is 0 Å². The number of nitrogens with zero attached hydrogens (tertiary/aromatic N) is 2. The lowest BCUT2D eigenvalue weighted by atomic mass is 10.2. The largest absolute Gasteiger partial charge is 0.323 e. The van der Waals surface area contributed by atoms with Gasteiger partial charge in [-0.1, -0.05) is 28.1 Å². The number of hydrogen-bond donors (Lipinski definition) is 2. The number of anilines is 2. The third kappa shape index (κ3) is 4.36. The Hall–Kier alpha value is -3.07. The highest BCUT2D eigenvalue weighted by molar-refractivity contribution is 9.10. The van der Waals surface area contributed by atoms with Gasteiger partial charge in [0.1, 0.15) is 11.4 Å². The summed E-state index contributed by atoms with van der Waals surface area (Å²) < 4.78 is 0.954. The second-order valence-corrected chi connectivity index (χ2v) is 9.48. The number of halogens is 1. The number of carbonyl (C=O) groups excluding carboxylic acids is 1. The van der Waals surface area contributed by atoms with Gasteiger partial charge in [-0.15, -0.1) is 22.7 Å². The number of thiophene rings is 2. The van der Waals surface area contributed by atoms with Crippen molar-refractivity contribution in [1.29, 1.82) is 0 Å². The monoisotopic (exact) mass is 506 g/mol. The average molecular weight is 507 g/mol. The highest BCUT2D eigenvalue weighted by Gasteiger charge is 2.15. The van der Waals surface area contributed by atoms with Crippen LogP contribution in [0.15, 0.2) is 82.0 Å². The normalized spacial score (nSPS) is 10.9. The van der Waals surface area contributed by atoms with Crippen LogP contribution in [0.5, 0.6) is 0 Å². The number of nitrogens with one attached hydrogen (secondary N) is 2. The maximum atomic E-state index is 12.4. The Bertz CT molecular complexity index is 1350. The van der Waals surface area contributed by atoms with Gasteiger partial charge in [0, 0.05) is 15.8 Å². The lowest BCUT2D eigenvalue weighted by molar-refractivity contribution is 0.262. The van der Waals surface area contributed by atoms with E-state index in [1.165, 1.54) is 0 Å². The van der Waals surface area contributed by atoms with Gasteiger partial charge in [-0.05, 0) is 65.4 Å². The molecule has 0 radical (unpaired) electrons. The lowest BCUT2D eigenvalue weighted by Gasteiger charge is -2.10. The molecule has 0 atom stereocenters. The predicted octanol–water partition coefficient (Wildman–Crippen LogP) is 7.49. The van der Waals surface area contributed by atoms with E-state index in [1.807, 2.05) is 71.4 Å². The minimum absolute atomic E-state index is 0.316. The fraction of sp³-hybridized carbons (Fsp3) is 0. The maximum absolute atomic E-state index is 12.4. The maximum Gasteiger partial charge on any atom is 0.323 e. The third-order valence-corrected chi connectivity index (χ3v) is 6.82. The first-order valence-corrected chi connectivity index (χ1v) is 11.9. The summed E-state index contributed by atoms with van der Waals surface area (Å²) in [5, 5.41) is 9.76. The minimum Gasteiger partial charge on any atom is -0.308 e. The molecule has 5 rings (SSSR count). The van der Waals surface area contributed by atoms with Gasteiger partial charge < -0.3 is 10.6 Å². The Kier molecular flexibility index (Phi) is 5.50. The van der Waals surface area contributed by atoms with Crippen molar-refractivity contribution in [1.82, 2.24) is 9.97 Å². The molecule has 3 aromatic heterocycles. The third-order valence-electron chi connectivity index (χ3n) is 4.53. The number of amides is 2. The topological polar surface area (TPSA) is 66.9 Å². The summed E-state index contributed by atoms with van der Waals surface area (Å²) in [4.78, 5) is 24.3. The molecule has 31 heavy (non-hydrogen) atoms. The molecule has 2 aromatic carbocycles. The Morgan fingerprint density at radius 3 is 1.94 bits per heavy atom. The number of carbonyl (C=O) groups is 1. The zero-order valence-electron chi connectivity index (χ0n) is 16.0. The molecule has 2 amide bonds. The van der Waals surface area contributed by atoms with Crippen molar-refractivity contribution < 1.29 is 4.79 Å². The molecule has 0 aliphatic heterocycles. The summed E-state index contributed by atoms with van der Waals surface area (Å²) in [5.41, 5.74) is 4.59. The summed E-state index contributed by atoms with van der Waals surface area (Å²) in [7, 11) is 0. The molecular formula is C23H15BrN4OS2. The minimum atomic E-state index is -0.316. The molecule has 5 nitrogen and oxygen atoms in total. The molecule has 0 saturated carbocycles. The van der Waals surface area contributed by atoms with Crippen LogP contribution in [0, 0.1) is 0 Å². The number of urea groups is 1. The Morgan fingerprint density at radius 2 is 1.32 bits per heavy atom. The smallest absolute Gasteiger partial charge is 0.308 e. The molecule has 5 aromatic rings. The Balaban J connectivity index is 1.47. The van der Waals surface area contributed by atoms with E-state index in [9.17, 15) is 4.79 Å². The highest BCUT2D eigenvalue weighted by Crippen LogP contribution is 2.35. The Morgan fingerprint density at radius 1 is 0.742 bits per heavy atom. The second-order valence-electron chi connectivity index (χ2n) is 6.66. The van der Waals surface area contributed by atoms with Crippen molar-refractivity contribution >= 4 is 67.0 Å². The molecule has 0 bridgehead atoms. The van der Waals surface area contributed by atoms with Gasteiger partial charge in [0.15, 0.2) is 0 Å². The first-order chi connectivity index (χ1) is 15.2. The highest BCUT2D eigenvalue weighted by atomic mass is 79.9. The molecule has 8 heteroatoms. The van der Waals surface area contributed by atoms with E-state index in [0.717, 1.165) is 36.6 Å². The SMILES string of the molecule is O=C(Nc1ccc(Br)cc1)Nc1ccc2nc(-c3cccs3)c(-c3cccs3)nc2c1. The van der Waals surface area contributed by atoms with Crippen LogP contribution < -0.4 is 10.6 Å². The summed E-state index contributed by atoms with van der Waals surface area (Å²) >= 11 is 6.66. The van der Waals surface area contributed by atoms with Crippen LogP contribution in [-0.2, 0) is 0 Å². The number of benzene rings is 2. The Labute approximate surface area is 194 Å². The van der Waals surface area contributed by atoms with Crippen molar-refractivity contribution in [2.45, 2.75) is 0 Å². The van der Waals surface area contributed by atoms with Crippen molar-refractivity contribution in [3.05, 3.63) is 82.0 Å². The zero-order chi connectivity index (χ0) is 21.2. The number of hydrogen-bond acceptors (Lipinski definition) is 5. The van der Waals surface area contributed by atoms with Gasteiger partial charge in [0.25, 0.3) is 0 Å². The summed E-state index contributed by atoms with van der Waals surface area (Å²) in [5.74, 6) is 0. The van der Waals surface area contributed by atoms with E-state index in [4.69, 9.17) is 9.97 Å². The molecule has 2 N–H and O–H groups in total. The quantitative estimate of drug-likeness (QED) is 0.265. The van der Waals surface area contributed by atoms with E-state index in [2.05, 4.69) is 32.6 Å². The van der Waals surface area contributed by atoms with E-state index in [0.29, 0.717) is 11.4 Å². The average Bonchev–Trinajstić information content (AvgIpc) is 3.49. The van der Waals surface area contributed by atoms with Crippen LogP contribution in [0.25, 0.3) is 32.2 Å². The first-order valence-electron chi connectivity index (χ1n) is 9.39. The van der Waals surface area contributed by atoms with Crippen molar-refractivity contribution in [2.24, 2.45) is 0 Å². The molecule has 3 heterocycles. The zero-order valence-corrected chi connectivity index (χ0v) is 19.2. The van der Waals surface area contributed by atoms with Crippen LogP contribution in [0.2, 0.25) is 0 Å². The summed E-state index contributed by atoms with van der Waals surface area (Å²) in [6.07, 6.45) is 0. The van der Waals surface area contributed by atoms with Gasteiger partial charge >= 0.3 is 6.03 Å². The first kappa shape index (κ1) is 19.9. The summed E-state index contributed by atoms with van der Waals surface area (Å²) in [6, 6.07) is 20.8. The van der Waals surface area contributed by atoms with Crippen molar-refractivity contribution in [2.75, 3.05) is 10.6 Å². The lowest BCUT2D eigenvalue weighted by Crippen LogP contribution is -2.19. The molecule has 0 aliphatic rings. The molecule has 0 aliphatic carbocycles. The standard InChI is InChI=1S/C23H15BrN4OS2/c24-14-5-7-15(8-6-14)25-23(29)26-16-9-10-17-18(13-16)28-22(20-4-2-12-31-20)21(27-17)19-3-1-11-30-19/h1-13H,(H2,25,26,29). The van der Waals surface area contributed by atoms with Gasteiger partial charge in [0.05, 0.1) is 20.8 Å². The molecular weight excluding hydrogens is 492 g/mol. The van der Waals surface area contributed by atoms with Crippen LogP contribution in [0.4, 0.5) is 16.2 Å². The molecule has 0 spiro atoms. The summed E-state index contributed by atoms with van der Waals surface area (Å²) in [6.45, 7) is 0. The van der Waals surface area contributed by atoms with Gasteiger partial charge in [-0.3, -0.25) is 0 Å². The molecule has 0 saturated heterocycles. The number of rotatable bonds is 4. The number of fused-ring (bicyclic) bond motifs is 1. The van der Waals surface area contributed by atoms with E-state index in [1.54, 1.807) is 22.7 Å². The predicted molar refractivity (Wildman–Crippen MR) is 133 cm³/mol. The molecule has 0 fully saturated rings. The van der Waals surface area contributed by atoms with Crippen LogP contribution in [-0.4, -0.2) is 16.0 Å². The second kappa shape index (κ2) is 8.58. The van der Waals surface area contributed by atoms with Crippen LogP contribution >= 0.6 is 38.6 Å². The molecule has 0 unspecified atom stereocenters. The van der Waals surface area contributed by atoms with E-state index >= 15 is 0 Å². The van der Waals surface area contributed by atoms with Gasteiger partial charge in [-0.25, -0.2) is 14.8 Å².